The Morgan fingerprint density at radius 1 is 0.967 bits per heavy atom. The van der Waals surface area contributed by atoms with Crippen molar-refractivity contribution >= 4 is 28.5 Å². The SMILES string of the molecule is CC(=O)Nc1ccc(C(=O)NCCn2c(-c3ccncc3)nc3ccccc32)cc1. The number of pyridine rings is 1. The highest BCUT2D eigenvalue weighted by Crippen LogP contribution is 2.24. The Hall–Kier alpha value is -4.00. The van der Waals surface area contributed by atoms with Gasteiger partial charge in [-0.05, 0) is 48.5 Å². The van der Waals surface area contributed by atoms with Gasteiger partial charge in [0.2, 0.25) is 5.91 Å². The van der Waals surface area contributed by atoms with Crippen molar-refractivity contribution in [2.75, 3.05) is 11.9 Å². The standard InChI is InChI=1S/C23H21N5O2/c1-16(29)26-19-8-6-18(7-9-19)23(30)25-14-15-28-21-5-3-2-4-20(21)27-22(28)17-10-12-24-13-11-17/h2-13H,14-15H2,1H3,(H,25,30)(H,26,29). The first-order valence-corrected chi connectivity index (χ1v) is 9.63. The van der Waals surface area contributed by atoms with E-state index < -0.39 is 0 Å². The zero-order valence-electron chi connectivity index (χ0n) is 16.5. The first-order valence-electron chi connectivity index (χ1n) is 9.63. The quantitative estimate of drug-likeness (QED) is 0.519. The van der Waals surface area contributed by atoms with Gasteiger partial charge in [0.1, 0.15) is 5.82 Å². The van der Waals surface area contributed by atoms with Gasteiger partial charge in [0.15, 0.2) is 0 Å². The zero-order chi connectivity index (χ0) is 20.9. The van der Waals surface area contributed by atoms with E-state index in [1.165, 1.54) is 6.92 Å². The molecule has 7 nitrogen and oxygen atoms in total. The molecule has 2 aromatic carbocycles. The number of nitrogens with one attached hydrogen (secondary N) is 2. The lowest BCUT2D eigenvalue weighted by Gasteiger charge is -2.11. The molecule has 0 spiro atoms. The predicted molar refractivity (Wildman–Crippen MR) is 116 cm³/mol. The Balaban J connectivity index is 1.48. The molecule has 0 unspecified atom stereocenters. The zero-order valence-corrected chi connectivity index (χ0v) is 16.5. The maximum Gasteiger partial charge on any atom is 0.251 e. The molecule has 0 bridgehead atoms. The van der Waals surface area contributed by atoms with Crippen LogP contribution in [0.3, 0.4) is 0 Å². The van der Waals surface area contributed by atoms with Crippen LogP contribution in [0.5, 0.6) is 0 Å². The molecule has 0 saturated carbocycles. The van der Waals surface area contributed by atoms with E-state index in [0.29, 0.717) is 24.3 Å². The first kappa shape index (κ1) is 19.3. The predicted octanol–water partition coefficient (Wildman–Crippen LogP) is 3.49. The third-order valence-corrected chi connectivity index (χ3v) is 4.68. The molecule has 2 aromatic heterocycles. The molecule has 0 aliphatic carbocycles. The average Bonchev–Trinajstić information content (AvgIpc) is 3.13. The molecule has 4 rings (SSSR count). The largest absolute Gasteiger partial charge is 0.350 e. The van der Waals surface area contributed by atoms with Gasteiger partial charge in [0.05, 0.1) is 11.0 Å². The van der Waals surface area contributed by atoms with Crippen molar-refractivity contribution in [2.45, 2.75) is 13.5 Å². The van der Waals surface area contributed by atoms with E-state index in [9.17, 15) is 9.59 Å². The van der Waals surface area contributed by atoms with Crippen LogP contribution in [0.15, 0.2) is 73.1 Å². The number of carbonyl (C=O) groups excluding carboxylic acids is 2. The van der Waals surface area contributed by atoms with Crippen molar-refractivity contribution in [3.05, 3.63) is 78.6 Å². The number of para-hydroxylation sites is 2. The summed E-state index contributed by atoms with van der Waals surface area (Å²) in [6.45, 7) is 2.47. The van der Waals surface area contributed by atoms with E-state index in [1.807, 2.05) is 36.4 Å². The minimum atomic E-state index is -0.167. The van der Waals surface area contributed by atoms with E-state index in [4.69, 9.17) is 4.98 Å². The molecule has 2 N–H and O–H groups in total. The highest BCUT2D eigenvalue weighted by molar-refractivity contribution is 5.95. The summed E-state index contributed by atoms with van der Waals surface area (Å²) in [7, 11) is 0. The van der Waals surface area contributed by atoms with Gasteiger partial charge in [-0.3, -0.25) is 14.6 Å². The van der Waals surface area contributed by atoms with Gasteiger partial charge in [-0.25, -0.2) is 4.98 Å². The normalized spacial score (nSPS) is 10.7. The molecule has 150 valence electrons. The molecule has 30 heavy (non-hydrogen) atoms. The van der Waals surface area contributed by atoms with E-state index in [1.54, 1.807) is 36.7 Å². The van der Waals surface area contributed by atoms with Crippen molar-refractivity contribution in [1.82, 2.24) is 19.9 Å². The highest BCUT2D eigenvalue weighted by atomic mass is 16.2. The molecular formula is C23H21N5O2. The molecule has 2 amide bonds. The van der Waals surface area contributed by atoms with Crippen LogP contribution in [-0.2, 0) is 11.3 Å². The molecule has 2 heterocycles. The summed E-state index contributed by atoms with van der Waals surface area (Å²) >= 11 is 0. The molecule has 0 saturated heterocycles. The van der Waals surface area contributed by atoms with Gasteiger partial charge in [-0.2, -0.15) is 0 Å². The fraction of sp³-hybridized carbons (Fsp3) is 0.130. The number of amides is 2. The summed E-state index contributed by atoms with van der Waals surface area (Å²) in [6, 6.07) is 18.6. The monoisotopic (exact) mass is 399 g/mol. The van der Waals surface area contributed by atoms with Gasteiger partial charge in [-0.1, -0.05) is 12.1 Å². The molecule has 0 aliphatic heterocycles. The number of nitrogens with zero attached hydrogens (tertiary/aromatic N) is 3. The van der Waals surface area contributed by atoms with Crippen LogP contribution in [0.25, 0.3) is 22.4 Å². The number of benzene rings is 2. The van der Waals surface area contributed by atoms with Crippen LogP contribution in [0.4, 0.5) is 5.69 Å². The number of aromatic nitrogens is 3. The number of hydrogen-bond acceptors (Lipinski definition) is 4. The van der Waals surface area contributed by atoms with Gasteiger partial charge in [0.25, 0.3) is 5.91 Å². The van der Waals surface area contributed by atoms with Crippen LogP contribution in [-0.4, -0.2) is 32.9 Å². The number of rotatable bonds is 6. The fourth-order valence-electron chi connectivity index (χ4n) is 3.31. The number of fused-ring (bicyclic) bond motifs is 1. The van der Waals surface area contributed by atoms with E-state index >= 15 is 0 Å². The Morgan fingerprint density at radius 3 is 2.43 bits per heavy atom. The average molecular weight is 399 g/mol. The van der Waals surface area contributed by atoms with E-state index in [-0.39, 0.29) is 11.8 Å². The van der Waals surface area contributed by atoms with Crippen LogP contribution in [0.2, 0.25) is 0 Å². The number of carbonyl (C=O) groups is 2. The number of hydrogen-bond donors (Lipinski definition) is 2. The van der Waals surface area contributed by atoms with Gasteiger partial charge in [-0.15, -0.1) is 0 Å². The van der Waals surface area contributed by atoms with Crippen LogP contribution < -0.4 is 10.6 Å². The van der Waals surface area contributed by atoms with Crippen molar-refractivity contribution in [3.8, 4) is 11.4 Å². The van der Waals surface area contributed by atoms with Crippen LogP contribution in [0, 0.1) is 0 Å². The molecule has 0 aliphatic rings. The maximum atomic E-state index is 12.5. The molecule has 7 heteroatoms. The summed E-state index contributed by atoms with van der Waals surface area (Å²) in [5.74, 6) is 0.525. The summed E-state index contributed by atoms with van der Waals surface area (Å²) < 4.78 is 2.10. The lowest BCUT2D eigenvalue weighted by atomic mass is 10.2. The van der Waals surface area contributed by atoms with Crippen molar-refractivity contribution in [3.63, 3.8) is 0 Å². The van der Waals surface area contributed by atoms with E-state index in [2.05, 4.69) is 20.2 Å². The van der Waals surface area contributed by atoms with Crippen LogP contribution >= 0.6 is 0 Å². The smallest absolute Gasteiger partial charge is 0.251 e. The maximum absolute atomic E-state index is 12.5. The molecule has 0 radical (unpaired) electrons. The highest BCUT2D eigenvalue weighted by Gasteiger charge is 2.13. The van der Waals surface area contributed by atoms with Gasteiger partial charge >= 0.3 is 0 Å². The van der Waals surface area contributed by atoms with Crippen molar-refractivity contribution < 1.29 is 9.59 Å². The minimum Gasteiger partial charge on any atom is -0.350 e. The number of anilines is 1. The second-order valence-corrected chi connectivity index (χ2v) is 6.83. The fourth-order valence-corrected chi connectivity index (χ4v) is 3.31. The second-order valence-electron chi connectivity index (χ2n) is 6.83. The van der Waals surface area contributed by atoms with Gasteiger partial charge in [0, 0.05) is 49.2 Å². The van der Waals surface area contributed by atoms with Crippen LogP contribution in [0.1, 0.15) is 17.3 Å². The Bertz CT molecular complexity index is 1180. The summed E-state index contributed by atoms with van der Waals surface area (Å²) in [5.41, 5.74) is 4.09. The molecular weight excluding hydrogens is 378 g/mol. The van der Waals surface area contributed by atoms with Crippen molar-refractivity contribution in [1.29, 1.82) is 0 Å². The number of imidazole rings is 1. The van der Waals surface area contributed by atoms with Crippen molar-refractivity contribution in [2.24, 2.45) is 0 Å². The molecule has 0 atom stereocenters. The Morgan fingerprint density at radius 2 is 1.70 bits per heavy atom. The third kappa shape index (κ3) is 4.20. The molecule has 0 fully saturated rings. The first-order chi connectivity index (χ1) is 14.6. The summed E-state index contributed by atoms with van der Waals surface area (Å²) in [5, 5.41) is 5.64. The lowest BCUT2D eigenvalue weighted by molar-refractivity contribution is -0.114. The topological polar surface area (TPSA) is 88.9 Å². The lowest BCUT2D eigenvalue weighted by Crippen LogP contribution is -2.27. The van der Waals surface area contributed by atoms with Gasteiger partial charge < -0.3 is 15.2 Å². The summed E-state index contributed by atoms with van der Waals surface area (Å²) in [4.78, 5) is 32.4. The molecule has 4 aromatic rings. The summed E-state index contributed by atoms with van der Waals surface area (Å²) in [6.07, 6.45) is 3.48. The Kier molecular flexibility index (Phi) is 5.52. The third-order valence-electron chi connectivity index (χ3n) is 4.68. The minimum absolute atomic E-state index is 0.148. The second kappa shape index (κ2) is 8.57. The Labute approximate surface area is 173 Å². The van der Waals surface area contributed by atoms with E-state index in [0.717, 1.165) is 22.4 Å².